The molecule has 4 fully saturated rings. The van der Waals surface area contributed by atoms with Crippen molar-refractivity contribution in [2.24, 2.45) is 17.8 Å². The quantitative estimate of drug-likeness (QED) is 0.177. The molecule has 5 nitrogen and oxygen atoms in total. The van der Waals surface area contributed by atoms with Crippen LogP contribution in [0.5, 0.6) is 11.5 Å². The van der Waals surface area contributed by atoms with Crippen molar-refractivity contribution in [2.45, 2.75) is 68.6 Å². The third-order valence-corrected chi connectivity index (χ3v) is 15.8. The minimum absolute atomic E-state index is 0.148. The van der Waals surface area contributed by atoms with Crippen molar-refractivity contribution in [3.8, 4) is 45.7 Å². The van der Waals surface area contributed by atoms with Gasteiger partial charge < -0.3 is 9.15 Å². The van der Waals surface area contributed by atoms with Crippen LogP contribution in [0.2, 0.25) is 0 Å². The van der Waals surface area contributed by atoms with E-state index in [1.807, 2.05) is 12.1 Å². The van der Waals surface area contributed by atoms with E-state index in [9.17, 15) is 0 Å². The van der Waals surface area contributed by atoms with Crippen molar-refractivity contribution in [3.63, 3.8) is 0 Å². The van der Waals surface area contributed by atoms with Gasteiger partial charge in [-0.05, 0) is 157 Å². The summed E-state index contributed by atoms with van der Waals surface area (Å²) in [7, 11) is 0. The maximum Gasteiger partial charge on any atom is 0.164 e. The fourth-order valence-electron chi connectivity index (χ4n) is 13.6. The van der Waals surface area contributed by atoms with Crippen LogP contribution in [-0.4, -0.2) is 15.0 Å². The molecular formula is C57H45N3O2. The number of fused-ring (bicyclic) bond motifs is 12. The van der Waals surface area contributed by atoms with Gasteiger partial charge in [-0.3, -0.25) is 0 Å². The molecule has 5 atom stereocenters. The average molecular weight is 804 g/mol. The molecule has 6 aromatic carbocycles. The van der Waals surface area contributed by atoms with Gasteiger partial charge in [0.25, 0.3) is 0 Å². The van der Waals surface area contributed by atoms with Crippen LogP contribution >= 0.6 is 0 Å². The molecule has 4 saturated carbocycles. The Labute approximate surface area is 361 Å². The number of hydrogen-bond acceptors (Lipinski definition) is 5. The lowest BCUT2D eigenvalue weighted by molar-refractivity contribution is 0.113. The number of ether oxygens (including phenoxy) is 1. The molecule has 2 aromatic heterocycles. The Bertz CT molecular complexity index is 3250. The number of hydrogen-bond donors (Lipinski definition) is 0. The summed E-state index contributed by atoms with van der Waals surface area (Å²) in [6, 6.07) is 48.0. The molecule has 3 unspecified atom stereocenters. The highest BCUT2D eigenvalue weighted by molar-refractivity contribution is 6.06. The van der Waals surface area contributed by atoms with Gasteiger partial charge in [-0.1, -0.05) is 97.1 Å². The van der Waals surface area contributed by atoms with Crippen molar-refractivity contribution in [3.05, 3.63) is 179 Å². The van der Waals surface area contributed by atoms with E-state index in [4.69, 9.17) is 24.1 Å². The summed E-state index contributed by atoms with van der Waals surface area (Å²) in [4.78, 5) is 16.4. The molecule has 62 heavy (non-hydrogen) atoms. The van der Waals surface area contributed by atoms with Crippen LogP contribution in [0.3, 0.4) is 0 Å². The largest absolute Gasteiger partial charge is 0.457 e. The third kappa shape index (κ3) is 4.94. The first-order valence-corrected chi connectivity index (χ1v) is 22.8. The molecule has 1 aliphatic heterocycles. The van der Waals surface area contributed by atoms with E-state index in [0.29, 0.717) is 11.6 Å². The van der Waals surface area contributed by atoms with Crippen LogP contribution in [0, 0.1) is 17.8 Å². The molecule has 15 rings (SSSR count). The first-order valence-electron chi connectivity index (χ1n) is 22.8. The lowest BCUT2D eigenvalue weighted by Gasteiger charge is -2.46. The van der Waals surface area contributed by atoms with Gasteiger partial charge in [0.2, 0.25) is 0 Å². The summed E-state index contributed by atoms with van der Waals surface area (Å²) in [5.74, 6) is 6.37. The maximum atomic E-state index is 6.84. The lowest BCUT2D eigenvalue weighted by atomic mass is 9.59. The van der Waals surface area contributed by atoms with Gasteiger partial charge >= 0.3 is 0 Å². The van der Waals surface area contributed by atoms with Crippen molar-refractivity contribution >= 4 is 27.5 Å². The average Bonchev–Trinajstić information content (AvgIpc) is 3.75. The normalized spacial score (nSPS) is 25.1. The summed E-state index contributed by atoms with van der Waals surface area (Å²) in [6.07, 6.45) is 16.0. The molecule has 0 radical (unpaired) electrons. The van der Waals surface area contributed by atoms with Crippen molar-refractivity contribution in [1.29, 1.82) is 0 Å². The van der Waals surface area contributed by atoms with Gasteiger partial charge in [-0.25, -0.2) is 15.0 Å². The van der Waals surface area contributed by atoms with E-state index < -0.39 is 5.41 Å². The van der Waals surface area contributed by atoms with Crippen molar-refractivity contribution in [1.82, 2.24) is 15.0 Å². The zero-order chi connectivity index (χ0) is 40.6. The predicted octanol–water partition coefficient (Wildman–Crippen LogP) is 14.2. The molecule has 5 heteroatoms. The molecule has 7 aliphatic rings. The summed E-state index contributed by atoms with van der Waals surface area (Å²) >= 11 is 0. The van der Waals surface area contributed by atoms with Gasteiger partial charge in [0.1, 0.15) is 22.7 Å². The molecule has 8 aromatic rings. The summed E-state index contributed by atoms with van der Waals surface area (Å²) < 4.78 is 13.1. The fraction of sp³-hybridized carbons (Fsp3) is 0.246. The Kier molecular flexibility index (Phi) is 7.33. The highest BCUT2D eigenvalue weighted by atomic mass is 16.5. The Morgan fingerprint density at radius 3 is 2.06 bits per heavy atom. The molecule has 4 bridgehead atoms. The zero-order valence-electron chi connectivity index (χ0n) is 34.6. The number of allylic oxidation sites excluding steroid dienone is 4. The van der Waals surface area contributed by atoms with Crippen LogP contribution in [0.1, 0.15) is 85.6 Å². The number of nitrogens with zero attached hydrogens (tertiary/aromatic N) is 3. The van der Waals surface area contributed by atoms with E-state index in [2.05, 4.69) is 133 Å². The molecule has 3 heterocycles. The first-order chi connectivity index (χ1) is 30.6. The van der Waals surface area contributed by atoms with Gasteiger partial charge in [0, 0.05) is 38.6 Å². The molecular weight excluding hydrogens is 759 g/mol. The monoisotopic (exact) mass is 803 g/mol. The molecule has 1 spiro atoms. The second-order valence-electron chi connectivity index (χ2n) is 19.1. The first kappa shape index (κ1) is 35.1. The number of furan rings is 1. The highest BCUT2D eigenvalue weighted by Crippen LogP contribution is 2.63. The smallest absolute Gasteiger partial charge is 0.164 e. The molecule has 6 aliphatic carbocycles. The van der Waals surface area contributed by atoms with Gasteiger partial charge in [-0.2, -0.15) is 0 Å². The molecule has 0 saturated heterocycles. The van der Waals surface area contributed by atoms with Crippen LogP contribution in [0.4, 0.5) is 0 Å². The van der Waals surface area contributed by atoms with E-state index in [1.165, 1.54) is 78.3 Å². The zero-order valence-corrected chi connectivity index (χ0v) is 34.6. The second kappa shape index (κ2) is 13.0. The Morgan fingerprint density at radius 2 is 1.19 bits per heavy atom. The van der Waals surface area contributed by atoms with Crippen molar-refractivity contribution < 1.29 is 9.15 Å². The van der Waals surface area contributed by atoms with Crippen LogP contribution in [0.25, 0.3) is 61.7 Å². The van der Waals surface area contributed by atoms with E-state index in [-0.39, 0.29) is 5.41 Å². The topological polar surface area (TPSA) is 61.0 Å². The van der Waals surface area contributed by atoms with Crippen LogP contribution < -0.4 is 4.74 Å². The van der Waals surface area contributed by atoms with Gasteiger partial charge in [0.15, 0.2) is 17.5 Å². The van der Waals surface area contributed by atoms with E-state index >= 15 is 0 Å². The van der Waals surface area contributed by atoms with E-state index in [0.717, 1.165) is 92.1 Å². The molecule has 300 valence electrons. The number of rotatable bonds is 4. The SMILES string of the molecule is C1=CC2=C(CC1)C1(c3ccccc3Oc3ccc(-c4nc(-c5ccc6oc7ccccc7c6c5)nc(-c5ccccc5C56CC[C@@H]7CC(C[C@@H](C7)C5)C6)n4)cc31)c1ccccc12. The second-order valence-corrected chi connectivity index (χ2v) is 19.1. The van der Waals surface area contributed by atoms with Crippen LogP contribution in [-0.2, 0) is 10.8 Å². The van der Waals surface area contributed by atoms with Gasteiger partial charge in [0.05, 0.1) is 5.41 Å². The Hall–Kier alpha value is -6.59. The van der Waals surface area contributed by atoms with E-state index in [1.54, 1.807) is 0 Å². The summed E-state index contributed by atoms with van der Waals surface area (Å²) in [5, 5.41) is 2.15. The Balaban J connectivity index is 1.000. The lowest BCUT2D eigenvalue weighted by Crippen LogP contribution is -2.37. The summed E-state index contributed by atoms with van der Waals surface area (Å²) in [6.45, 7) is 0. The summed E-state index contributed by atoms with van der Waals surface area (Å²) in [5.41, 5.74) is 13.6. The standard InChI is InChI=1S/C57H45N3O2/c1-6-16-45-39(11-1)40-12-2-7-17-46(40)57(45)47-18-8-10-20-51(47)62-52-24-22-38(31-48(52)57)54-58-53(37-21-23-50-43(30-37)41-13-4-9-19-49(41)61-50)59-55(60-54)42-14-3-5-15-44(42)56-26-25-34-27-35(32-56)29-36(28-34)33-56/h1-6,8-16,18-24,30-31,34-36H,7,17,25-29,32-33H2/t34-,35+,36?,56?,57?/m0/s1. The number of benzene rings is 6. The number of para-hydroxylation sites is 2. The van der Waals surface area contributed by atoms with Crippen molar-refractivity contribution in [2.75, 3.05) is 0 Å². The predicted molar refractivity (Wildman–Crippen MR) is 246 cm³/mol. The molecule has 0 amide bonds. The van der Waals surface area contributed by atoms with Crippen LogP contribution in [0.15, 0.2) is 156 Å². The highest BCUT2D eigenvalue weighted by Gasteiger charge is 2.52. The minimum Gasteiger partial charge on any atom is -0.457 e. The number of aromatic nitrogens is 3. The fourth-order valence-corrected chi connectivity index (χ4v) is 13.6. The minimum atomic E-state index is -0.508. The maximum absolute atomic E-state index is 6.84. The Morgan fingerprint density at radius 1 is 0.532 bits per heavy atom. The third-order valence-electron chi connectivity index (χ3n) is 15.8. The van der Waals surface area contributed by atoms with Gasteiger partial charge in [-0.15, -0.1) is 0 Å². The molecule has 0 N–H and O–H groups in total.